The van der Waals surface area contributed by atoms with Gasteiger partial charge in [0.15, 0.2) is 14.6 Å². The number of aryl methyl sites for hydroxylation is 2. The second kappa shape index (κ2) is 9.63. The lowest BCUT2D eigenvalue weighted by Gasteiger charge is -2.31. The maximum atomic E-state index is 13.8. The van der Waals surface area contributed by atoms with E-state index in [4.69, 9.17) is 4.74 Å². The van der Waals surface area contributed by atoms with Gasteiger partial charge >= 0.3 is 0 Å². The van der Waals surface area contributed by atoms with E-state index >= 15 is 0 Å². The Morgan fingerprint density at radius 2 is 1.72 bits per heavy atom. The molecule has 1 saturated carbocycles. The summed E-state index contributed by atoms with van der Waals surface area (Å²) < 4.78 is 31.4. The van der Waals surface area contributed by atoms with Gasteiger partial charge < -0.3 is 15.0 Å². The monoisotopic (exact) mass is 458 g/mol. The average molecular weight is 459 g/mol. The first-order chi connectivity index (χ1) is 15.1. The molecule has 0 aromatic heterocycles. The Hall–Kier alpha value is -2.38. The molecule has 174 valence electrons. The molecule has 7 heteroatoms. The fourth-order valence-corrected chi connectivity index (χ4v) is 6.94. The molecule has 0 radical (unpaired) electrons. The lowest BCUT2D eigenvalue weighted by Crippen LogP contribution is -2.52. The maximum absolute atomic E-state index is 13.8. The van der Waals surface area contributed by atoms with Crippen molar-refractivity contribution in [1.29, 1.82) is 0 Å². The third-order valence-electron chi connectivity index (χ3n) is 6.55. The number of nitrogens with zero attached hydrogens (tertiary/aromatic N) is 1. The largest absolute Gasteiger partial charge is 0.497 e. The second-order valence-corrected chi connectivity index (χ2v) is 11.2. The first-order valence-corrected chi connectivity index (χ1v) is 12.5. The summed E-state index contributed by atoms with van der Waals surface area (Å²) in [6.07, 6.45) is 2.16. The molecule has 1 atom stereocenters. The van der Waals surface area contributed by atoms with E-state index in [1.54, 1.807) is 20.1 Å². The van der Waals surface area contributed by atoms with Crippen molar-refractivity contribution in [1.82, 2.24) is 10.2 Å². The number of hydrogen-bond donors (Lipinski definition) is 1. The molecule has 1 unspecified atom stereocenters. The molecule has 3 rings (SSSR count). The normalized spacial score (nSPS) is 16.7. The Balaban J connectivity index is 1.88. The minimum atomic E-state index is -3.84. The summed E-state index contributed by atoms with van der Waals surface area (Å²) in [4.78, 5) is 15.8. The van der Waals surface area contributed by atoms with Crippen molar-refractivity contribution in [3.05, 3.63) is 59.2 Å². The van der Waals surface area contributed by atoms with Crippen LogP contribution in [0.4, 0.5) is 0 Å². The lowest BCUT2D eigenvalue weighted by molar-refractivity contribution is -0.123. The molecule has 0 heterocycles. The van der Waals surface area contributed by atoms with Gasteiger partial charge in [-0.2, -0.15) is 0 Å². The van der Waals surface area contributed by atoms with Gasteiger partial charge in [0.25, 0.3) is 0 Å². The molecular weight excluding hydrogens is 424 g/mol. The number of rotatable bonds is 8. The number of hydrogen-bond acceptors (Lipinski definition) is 5. The van der Waals surface area contributed by atoms with Gasteiger partial charge in [0.2, 0.25) is 5.91 Å². The minimum absolute atomic E-state index is 0.0910. The SMILES string of the molecule is COc1ccc(C(CNC(=O)C2(S(=O)(=O)c3cc(C)ccc3C)CCCC2)N(C)C)cc1. The van der Waals surface area contributed by atoms with Crippen LogP contribution in [0.2, 0.25) is 0 Å². The molecule has 0 spiro atoms. The fourth-order valence-electron chi connectivity index (χ4n) is 4.55. The number of methoxy groups -OCH3 is 1. The molecule has 1 amide bonds. The third-order valence-corrected chi connectivity index (χ3v) is 9.19. The number of benzene rings is 2. The summed E-state index contributed by atoms with van der Waals surface area (Å²) in [7, 11) is 1.67. The van der Waals surface area contributed by atoms with E-state index in [1.165, 1.54) is 0 Å². The molecule has 1 N–H and O–H groups in total. The summed E-state index contributed by atoms with van der Waals surface area (Å²) in [6.45, 7) is 3.98. The molecule has 1 fully saturated rings. The van der Waals surface area contributed by atoms with Crippen molar-refractivity contribution in [3.63, 3.8) is 0 Å². The van der Waals surface area contributed by atoms with E-state index in [2.05, 4.69) is 5.32 Å². The second-order valence-electron chi connectivity index (χ2n) is 8.94. The number of nitrogens with one attached hydrogen (secondary N) is 1. The van der Waals surface area contributed by atoms with Gasteiger partial charge in [-0.1, -0.05) is 37.1 Å². The van der Waals surface area contributed by atoms with Crippen molar-refractivity contribution in [3.8, 4) is 5.75 Å². The topological polar surface area (TPSA) is 75.7 Å². The zero-order chi connectivity index (χ0) is 23.5. The van der Waals surface area contributed by atoms with Crippen LogP contribution in [0.15, 0.2) is 47.4 Å². The summed E-state index contributed by atoms with van der Waals surface area (Å²) in [5.41, 5.74) is 2.57. The highest BCUT2D eigenvalue weighted by Gasteiger charge is 2.53. The van der Waals surface area contributed by atoms with Crippen molar-refractivity contribution in [2.75, 3.05) is 27.7 Å². The number of ether oxygens (including phenoxy) is 1. The van der Waals surface area contributed by atoms with Crippen LogP contribution in [0.1, 0.15) is 48.4 Å². The molecule has 0 saturated heterocycles. The Bertz CT molecular complexity index is 1060. The molecule has 0 aliphatic heterocycles. The fraction of sp³-hybridized carbons (Fsp3) is 0.480. The maximum Gasteiger partial charge on any atom is 0.241 e. The molecule has 2 aromatic carbocycles. The highest BCUT2D eigenvalue weighted by Crippen LogP contribution is 2.42. The van der Waals surface area contributed by atoms with Crippen molar-refractivity contribution in [2.45, 2.75) is 55.2 Å². The number of carbonyl (C=O) groups is 1. The van der Waals surface area contributed by atoms with Crippen LogP contribution in [0.3, 0.4) is 0 Å². The quantitative estimate of drug-likeness (QED) is 0.651. The van der Waals surface area contributed by atoms with Gasteiger partial charge in [-0.3, -0.25) is 4.79 Å². The summed E-state index contributed by atoms with van der Waals surface area (Å²) in [6, 6.07) is 13.0. The van der Waals surface area contributed by atoms with Crippen LogP contribution < -0.4 is 10.1 Å². The van der Waals surface area contributed by atoms with Crippen molar-refractivity contribution >= 4 is 15.7 Å². The first-order valence-electron chi connectivity index (χ1n) is 11.0. The summed E-state index contributed by atoms with van der Waals surface area (Å²) in [5.74, 6) is 0.371. The van der Waals surface area contributed by atoms with Gasteiger partial charge in [-0.25, -0.2) is 8.42 Å². The minimum Gasteiger partial charge on any atom is -0.497 e. The molecule has 32 heavy (non-hydrogen) atoms. The van der Waals surface area contributed by atoms with Crippen LogP contribution in [0.5, 0.6) is 5.75 Å². The average Bonchev–Trinajstić information content (AvgIpc) is 3.27. The lowest BCUT2D eigenvalue weighted by atomic mass is 10.0. The summed E-state index contributed by atoms with van der Waals surface area (Å²) in [5, 5.41) is 2.99. The highest BCUT2D eigenvalue weighted by atomic mass is 32.2. The predicted molar refractivity (Wildman–Crippen MR) is 127 cm³/mol. The number of amides is 1. The van der Waals surface area contributed by atoms with Gasteiger partial charge in [-0.05, 0) is 75.7 Å². The highest BCUT2D eigenvalue weighted by molar-refractivity contribution is 7.93. The first kappa shape index (κ1) is 24.3. The van der Waals surface area contributed by atoms with Crippen molar-refractivity contribution < 1.29 is 17.9 Å². The Morgan fingerprint density at radius 3 is 2.28 bits per heavy atom. The molecule has 0 bridgehead atoms. The molecule has 2 aromatic rings. The van der Waals surface area contributed by atoms with Gasteiger partial charge in [0.1, 0.15) is 5.75 Å². The van der Waals surface area contributed by atoms with Crippen LogP contribution in [-0.2, 0) is 14.6 Å². The number of carbonyl (C=O) groups excluding carboxylic acids is 1. The predicted octanol–water partition coefficient (Wildman–Crippen LogP) is 3.82. The van der Waals surface area contributed by atoms with Crippen LogP contribution in [-0.4, -0.2) is 51.7 Å². The molecular formula is C25H34N2O4S. The number of likely N-dealkylation sites (N-methyl/N-ethyl adjacent to an activating group) is 1. The van der Waals surface area contributed by atoms with E-state index in [0.717, 1.165) is 29.7 Å². The molecule has 1 aliphatic carbocycles. The Kier molecular flexibility index (Phi) is 7.30. The van der Waals surface area contributed by atoms with Crippen LogP contribution in [0.25, 0.3) is 0 Å². The smallest absolute Gasteiger partial charge is 0.241 e. The summed E-state index contributed by atoms with van der Waals surface area (Å²) >= 11 is 0. The molecule has 1 aliphatic rings. The van der Waals surface area contributed by atoms with E-state index < -0.39 is 20.5 Å². The van der Waals surface area contributed by atoms with Crippen molar-refractivity contribution in [2.24, 2.45) is 0 Å². The zero-order valence-corrected chi connectivity index (χ0v) is 20.5. The van der Waals surface area contributed by atoms with Crippen LogP contribution >= 0.6 is 0 Å². The van der Waals surface area contributed by atoms with Crippen LogP contribution in [0, 0.1) is 13.8 Å². The van der Waals surface area contributed by atoms with Gasteiger partial charge in [0.05, 0.1) is 18.0 Å². The Morgan fingerprint density at radius 1 is 1.09 bits per heavy atom. The number of sulfone groups is 1. The van der Waals surface area contributed by atoms with E-state index in [-0.39, 0.29) is 10.9 Å². The molecule has 6 nitrogen and oxygen atoms in total. The zero-order valence-electron chi connectivity index (χ0n) is 19.6. The van der Waals surface area contributed by atoms with Gasteiger partial charge in [0, 0.05) is 6.54 Å². The Labute approximate surface area is 191 Å². The van der Waals surface area contributed by atoms with E-state index in [1.807, 2.05) is 62.3 Å². The van der Waals surface area contributed by atoms with Gasteiger partial charge in [-0.15, -0.1) is 0 Å². The third kappa shape index (κ3) is 4.55. The van der Waals surface area contributed by atoms with E-state index in [0.29, 0.717) is 24.9 Å². The standard InChI is InChI=1S/C25H34N2O4S/c1-18-8-9-19(2)23(16-18)32(29,30)25(14-6-7-15-25)24(28)26-17-22(27(3)4)20-10-12-21(31-5)13-11-20/h8-13,16,22H,6-7,14-15,17H2,1-5H3,(H,26,28). The van der Waals surface area contributed by atoms with E-state index in [9.17, 15) is 13.2 Å².